The monoisotopic (exact) mass is 310 g/mol. The fraction of sp³-hybridized carbons (Fsp3) is 0.812. The molecule has 0 radical (unpaired) electrons. The van der Waals surface area contributed by atoms with Gasteiger partial charge in [-0.15, -0.1) is 0 Å². The fourth-order valence-electron chi connectivity index (χ4n) is 4.12. The Labute approximate surface area is 132 Å². The van der Waals surface area contributed by atoms with E-state index in [1.165, 1.54) is 5.69 Å². The smallest absolute Gasteiger partial charge is 0.0863 e. The number of fused-ring (bicyclic) bond motifs is 1. The van der Waals surface area contributed by atoms with E-state index in [2.05, 4.69) is 47.7 Å². The van der Waals surface area contributed by atoms with E-state index in [1.807, 2.05) is 0 Å². The van der Waals surface area contributed by atoms with Gasteiger partial charge in [-0.2, -0.15) is 5.10 Å². The van der Waals surface area contributed by atoms with E-state index in [0.29, 0.717) is 0 Å². The van der Waals surface area contributed by atoms with Crippen LogP contribution in [0.3, 0.4) is 0 Å². The van der Waals surface area contributed by atoms with Crippen molar-refractivity contribution in [3.63, 3.8) is 0 Å². The lowest BCUT2D eigenvalue weighted by molar-refractivity contribution is 0.128. The largest absolute Gasteiger partial charge is 0.316 e. The summed E-state index contributed by atoms with van der Waals surface area (Å²) in [5.41, 5.74) is 2.46. The van der Waals surface area contributed by atoms with Gasteiger partial charge in [-0.1, -0.05) is 18.5 Å². The summed E-state index contributed by atoms with van der Waals surface area (Å²) in [4.78, 5) is 2.61. The van der Waals surface area contributed by atoms with Gasteiger partial charge in [-0.3, -0.25) is 9.58 Å². The summed E-state index contributed by atoms with van der Waals surface area (Å²) in [5.74, 6) is 1.53. The third-order valence-electron chi connectivity index (χ3n) is 5.55. The van der Waals surface area contributed by atoms with Gasteiger partial charge < -0.3 is 5.32 Å². The first-order chi connectivity index (χ1) is 9.98. The molecule has 0 amide bonds. The van der Waals surface area contributed by atoms with E-state index in [-0.39, 0.29) is 5.54 Å². The quantitative estimate of drug-likeness (QED) is 0.928. The van der Waals surface area contributed by atoms with E-state index in [9.17, 15) is 0 Å². The van der Waals surface area contributed by atoms with Crippen LogP contribution in [0.2, 0.25) is 5.02 Å². The molecule has 2 aliphatic rings. The predicted octanol–water partition coefficient (Wildman–Crippen LogP) is 2.55. The van der Waals surface area contributed by atoms with E-state index in [4.69, 9.17) is 11.6 Å². The molecule has 3 heterocycles. The third-order valence-corrected chi connectivity index (χ3v) is 5.99. The van der Waals surface area contributed by atoms with Crippen LogP contribution in [-0.2, 0) is 19.5 Å². The van der Waals surface area contributed by atoms with Crippen molar-refractivity contribution in [1.82, 2.24) is 20.0 Å². The molecule has 2 unspecified atom stereocenters. The van der Waals surface area contributed by atoms with Crippen molar-refractivity contribution in [3.8, 4) is 0 Å². The average molecular weight is 311 g/mol. The minimum Gasteiger partial charge on any atom is -0.316 e. The number of nitrogens with zero attached hydrogens (tertiary/aromatic N) is 3. The highest BCUT2D eigenvalue weighted by molar-refractivity contribution is 6.31. The van der Waals surface area contributed by atoms with Crippen LogP contribution < -0.4 is 5.32 Å². The number of aromatic nitrogens is 2. The molecule has 118 valence electrons. The molecule has 21 heavy (non-hydrogen) atoms. The summed E-state index contributed by atoms with van der Waals surface area (Å²) in [6.45, 7) is 14.3. The SMILES string of the molecule is CCc1nn(CC)c(CN2CC3CNCC3C2(C)C)c1Cl. The van der Waals surface area contributed by atoms with Crippen molar-refractivity contribution in [2.45, 2.75) is 52.7 Å². The van der Waals surface area contributed by atoms with Crippen molar-refractivity contribution in [3.05, 3.63) is 16.4 Å². The molecule has 2 fully saturated rings. The Morgan fingerprint density at radius 1 is 1.33 bits per heavy atom. The second kappa shape index (κ2) is 5.56. The van der Waals surface area contributed by atoms with E-state index in [0.717, 1.165) is 61.7 Å². The van der Waals surface area contributed by atoms with Gasteiger partial charge in [0.25, 0.3) is 0 Å². The van der Waals surface area contributed by atoms with E-state index >= 15 is 0 Å². The number of likely N-dealkylation sites (tertiary alicyclic amines) is 1. The summed E-state index contributed by atoms with van der Waals surface area (Å²) in [6, 6.07) is 0. The Kier molecular flexibility index (Phi) is 4.06. The first kappa shape index (κ1) is 15.3. The molecule has 2 atom stereocenters. The van der Waals surface area contributed by atoms with Crippen molar-refractivity contribution < 1.29 is 0 Å². The molecule has 0 spiro atoms. The maximum Gasteiger partial charge on any atom is 0.0863 e. The standard InChI is InChI=1S/C16H27ClN4/c1-5-13-15(17)14(21(6-2)19-13)10-20-9-11-7-18-8-12(11)16(20,3)4/h11-12,18H,5-10H2,1-4H3. The fourth-order valence-corrected chi connectivity index (χ4v) is 4.45. The molecule has 0 bridgehead atoms. The number of hydrogen-bond donors (Lipinski definition) is 1. The highest BCUT2D eigenvalue weighted by Crippen LogP contribution is 2.41. The van der Waals surface area contributed by atoms with Gasteiger partial charge in [0, 0.05) is 31.7 Å². The molecule has 0 aromatic carbocycles. The predicted molar refractivity (Wildman–Crippen MR) is 86.6 cm³/mol. The molecule has 0 saturated carbocycles. The minimum atomic E-state index is 0.229. The zero-order valence-corrected chi connectivity index (χ0v) is 14.4. The van der Waals surface area contributed by atoms with Crippen molar-refractivity contribution in [2.75, 3.05) is 19.6 Å². The molecule has 3 rings (SSSR count). The Balaban J connectivity index is 1.86. The van der Waals surface area contributed by atoms with Gasteiger partial charge in [0.2, 0.25) is 0 Å². The summed E-state index contributed by atoms with van der Waals surface area (Å²) < 4.78 is 2.09. The van der Waals surface area contributed by atoms with Gasteiger partial charge in [0.05, 0.1) is 16.4 Å². The molecule has 5 heteroatoms. The van der Waals surface area contributed by atoms with Crippen LogP contribution in [0.4, 0.5) is 0 Å². The van der Waals surface area contributed by atoms with Gasteiger partial charge in [0.15, 0.2) is 0 Å². The number of rotatable bonds is 4. The second-order valence-electron chi connectivity index (χ2n) is 6.94. The molecule has 1 N–H and O–H groups in total. The Bertz CT molecular complexity index is 523. The summed E-state index contributed by atoms with van der Waals surface area (Å²) in [5, 5.41) is 9.08. The van der Waals surface area contributed by atoms with Crippen LogP contribution in [-0.4, -0.2) is 39.9 Å². The van der Waals surface area contributed by atoms with Crippen LogP contribution in [0.1, 0.15) is 39.1 Å². The van der Waals surface area contributed by atoms with Gasteiger partial charge in [0.1, 0.15) is 0 Å². The molecular weight excluding hydrogens is 284 g/mol. The van der Waals surface area contributed by atoms with E-state index < -0.39 is 0 Å². The first-order valence-electron chi connectivity index (χ1n) is 8.18. The van der Waals surface area contributed by atoms with E-state index in [1.54, 1.807) is 0 Å². The van der Waals surface area contributed by atoms with Gasteiger partial charge in [-0.05, 0) is 45.6 Å². The highest BCUT2D eigenvalue weighted by Gasteiger charge is 2.49. The molecule has 1 aromatic rings. The van der Waals surface area contributed by atoms with Crippen LogP contribution >= 0.6 is 11.6 Å². The van der Waals surface area contributed by atoms with Gasteiger partial charge >= 0.3 is 0 Å². The Morgan fingerprint density at radius 2 is 2.10 bits per heavy atom. The lowest BCUT2D eigenvalue weighted by Gasteiger charge is -2.35. The molecular formula is C16H27ClN4. The highest BCUT2D eigenvalue weighted by atomic mass is 35.5. The topological polar surface area (TPSA) is 33.1 Å². The van der Waals surface area contributed by atoms with Crippen LogP contribution in [0, 0.1) is 11.8 Å². The lowest BCUT2D eigenvalue weighted by atomic mass is 9.85. The zero-order chi connectivity index (χ0) is 15.2. The Hall–Kier alpha value is -0.580. The lowest BCUT2D eigenvalue weighted by Crippen LogP contribution is -2.44. The molecule has 2 saturated heterocycles. The number of nitrogens with one attached hydrogen (secondary N) is 1. The van der Waals surface area contributed by atoms with Crippen LogP contribution in [0.15, 0.2) is 0 Å². The third kappa shape index (κ3) is 2.41. The summed E-state index contributed by atoms with van der Waals surface area (Å²) in [6.07, 6.45) is 0.900. The Morgan fingerprint density at radius 3 is 2.71 bits per heavy atom. The van der Waals surface area contributed by atoms with Gasteiger partial charge in [-0.25, -0.2) is 0 Å². The average Bonchev–Trinajstić information content (AvgIpc) is 3.09. The first-order valence-corrected chi connectivity index (χ1v) is 8.56. The maximum absolute atomic E-state index is 6.58. The second-order valence-corrected chi connectivity index (χ2v) is 7.31. The van der Waals surface area contributed by atoms with Crippen LogP contribution in [0.5, 0.6) is 0 Å². The molecule has 1 aromatic heterocycles. The van der Waals surface area contributed by atoms with Crippen molar-refractivity contribution in [1.29, 1.82) is 0 Å². The normalized spacial score (nSPS) is 28.2. The number of halogens is 1. The van der Waals surface area contributed by atoms with Crippen LogP contribution in [0.25, 0.3) is 0 Å². The summed E-state index contributed by atoms with van der Waals surface area (Å²) >= 11 is 6.58. The minimum absolute atomic E-state index is 0.229. The number of aryl methyl sites for hydroxylation is 2. The molecule has 4 nitrogen and oxygen atoms in total. The van der Waals surface area contributed by atoms with Crippen molar-refractivity contribution >= 4 is 11.6 Å². The summed E-state index contributed by atoms with van der Waals surface area (Å²) in [7, 11) is 0. The maximum atomic E-state index is 6.58. The van der Waals surface area contributed by atoms with Crippen molar-refractivity contribution in [2.24, 2.45) is 11.8 Å². The molecule has 2 aliphatic heterocycles. The zero-order valence-electron chi connectivity index (χ0n) is 13.6. The number of hydrogen-bond acceptors (Lipinski definition) is 3. The molecule has 0 aliphatic carbocycles.